The van der Waals surface area contributed by atoms with Crippen molar-refractivity contribution in [3.05, 3.63) is 12.7 Å². The van der Waals surface area contributed by atoms with Gasteiger partial charge in [0.1, 0.15) is 6.61 Å². The van der Waals surface area contributed by atoms with Gasteiger partial charge in [0.2, 0.25) is 5.91 Å². The fourth-order valence-electron chi connectivity index (χ4n) is 2.04. The summed E-state index contributed by atoms with van der Waals surface area (Å²) in [6.07, 6.45) is 2.11. The summed E-state index contributed by atoms with van der Waals surface area (Å²) in [5, 5.41) is 2.74. The standard InChI is InChI=1S/C12H20N2O3/c1-4-5-17-12(16)14-8-9(2)6-11(14)7-13-10(3)15/h4,9,11H,1,5-8H2,2-3H3,(H,13,15)/t9-,11-/m0/s1. The second-order valence-corrected chi connectivity index (χ2v) is 4.45. The molecule has 0 spiro atoms. The number of rotatable bonds is 4. The third-order valence-corrected chi connectivity index (χ3v) is 2.77. The Bertz CT molecular complexity index is 304. The molecule has 2 atom stereocenters. The topological polar surface area (TPSA) is 58.6 Å². The van der Waals surface area contributed by atoms with E-state index in [9.17, 15) is 9.59 Å². The maximum absolute atomic E-state index is 11.7. The first-order chi connectivity index (χ1) is 8.04. The predicted molar refractivity (Wildman–Crippen MR) is 64.5 cm³/mol. The third-order valence-electron chi connectivity index (χ3n) is 2.77. The van der Waals surface area contributed by atoms with Gasteiger partial charge in [-0.05, 0) is 12.3 Å². The highest BCUT2D eigenvalue weighted by Gasteiger charge is 2.33. The fraction of sp³-hybridized carbons (Fsp3) is 0.667. The Kier molecular flexibility index (Phi) is 5.00. The molecule has 0 unspecified atom stereocenters. The van der Waals surface area contributed by atoms with Crippen LogP contribution in [0.25, 0.3) is 0 Å². The van der Waals surface area contributed by atoms with Crippen molar-refractivity contribution in [3.63, 3.8) is 0 Å². The van der Waals surface area contributed by atoms with Crippen molar-refractivity contribution in [2.75, 3.05) is 19.7 Å². The van der Waals surface area contributed by atoms with Crippen LogP contribution in [0.4, 0.5) is 4.79 Å². The summed E-state index contributed by atoms with van der Waals surface area (Å²) in [5.41, 5.74) is 0. The largest absolute Gasteiger partial charge is 0.445 e. The van der Waals surface area contributed by atoms with Gasteiger partial charge in [-0.25, -0.2) is 4.79 Å². The van der Waals surface area contributed by atoms with Crippen LogP contribution in [0, 0.1) is 5.92 Å². The number of hydrogen-bond donors (Lipinski definition) is 1. The first-order valence-corrected chi connectivity index (χ1v) is 5.83. The Hall–Kier alpha value is -1.52. The number of nitrogens with zero attached hydrogens (tertiary/aromatic N) is 1. The van der Waals surface area contributed by atoms with Gasteiger partial charge in [0, 0.05) is 20.0 Å². The minimum atomic E-state index is -0.329. The Morgan fingerprint density at radius 3 is 2.88 bits per heavy atom. The van der Waals surface area contributed by atoms with Crippen LogP contribution in [-0.4, -0.2) is 42.6 Å². The minimum Gasteiger partial charge on any atom is -0.445 e. The van der Waals surface area contributed by atoms with Gasteiger partial charge in [-0.2, -0.15) is 0 Å². The number of ether oxygens (including phenoxy) is 1. The SMILES string of the molecule is C=CCOC(=O)N1C[C@@H](C)C[C@H]1CNC(C)=O. The van der Waals surface area contributed by atoms with Crippen LogP contribution in [0.5, 0.6) is 0 Å². The lowest BCUT2D eigenvalue weighted by molar-refractivity contribution is -0.119. The highest BCUT2D eigenvalue weighted by atomic mass is 16.6. The normalized spacial score (nSPS) is 23.3. The summed E-state index contributed by atoms with van der Waals surface area (Å²) < 4.78 is 5.02. The van der Waals surface area contributed by atoms with Crippen molar-refractivity contribution in [2.24, 2.45) is 5.92 Å². The van der Waals surface area contributed by atoms with Gasteiger partial charge in [0.25, 0.3) is 0 Å². The van der Waals surface area contributed by atoms with Crippen LogP contribution in [0.2, 0.25) is 0 Å². The van der Waals surface area contributed by atoms with E-state index in [0.29, 0.717) is 19.0 Å². The minimum absolute atomic E-state index is 0.0335. The van der Waals surface area contributed by atoms with E-state index in [-0.39, 0.29) is 24.6 Å². The van der Waals surface area contributed by atoms with Gasteiger partial charge in [-0.1, -0.05) is 19.6 Å². The van der Waals surface area contributed by atoms with E-state index in [4.69, 9.17) is 4.74 Å². The van der Waals surface area contributed by atoms with E-state index in [0.717, 1.165) is 6.42 Å². The summed E-state index contributed by atoms with van der Waals surface area (Å²) in [5.74, 6) is 0.356. The molecule has 0 aromatic rings. The summed E-state index contributed by atoms with van der Waals surface area (Å²) in [7, 11) is 0. The zero-order valence-electron chi connectivity index (χ0n) is 10.4. The van der Waals surface area contributed by atoms with Crippen LogP contribution in [0.1, 0.15) is 20.3 Å². The number of carbonyl (C=O) groups excluding carboxylic acids is 2. The molecule has 1 fully saturated rings. The maximum Gasteiger partial charge on any atom is 0.410 e. The van der Waals surface area contributed by atoms with Gasteiger partial charge in [0.05, 0.1) is 6.04 Å². The van der Waals surface area contributed by atoms with Crippen molar-refractivity contribution >= 4 is 12.0 Å². The molecule has 0 aromatic heterocycles. The van der Waals surface area contributed by atoms with Crippen LogP contribution < -0.4 is 5.32 Å². The van der Waals surface area contributed by atoms with Gasteiger partial charge >= 0.3 is 6.09 Å². The lowest BCUT2D eigenvalue weighted by atomic mass is 10.1. The molecular weight excluding hydrogens is 220 g/mol. The van der Waals surface area contributed by atoms with Crippen LogP contribution in [0.15, 0.2) is 12.7 Å². The van der Waals surface area contributed by atoms with E-state index in [1.54, 1.807) is 11.0 Å². The molecule has 0 radical (unpaired) electrons. The molecule has 5 heteroatoms. The van der Waals surface area contributed by atoms with Crippen molar-refractivity contribution in [1.29, 1.82) is 0 Å². The number of hydrogen-bond acceptors (Lipinski definition) is 3. The van der Waals surface area contributed by atoms with Gasteiger partial charge in [-0.15, -0.1) is 0 Å². The molecule has 1 saturated heterocycles. The van der Waals surface area contributed by atoms with Crippen LogP contribution in [0.3, 0.4) is 0 Å². The highest BCUT2D eigenvalue weighted by molar-refractivity contribution is 5.73. The Balaban J connectivity index is 2.51. The maximum atomic E-state index is 11.7. The fourth-order valence-corrected chi connectivity index (χ4v) is 2.04. The second kappa shape index (κ2) is 6.27. The zero-order chi connectivity index (χ0) is 12.8. The molecule has 1 rings (SSSR count). The molecule has 0 bridgehead atoms. The van der Waals surface area contributed by atoms with Gasteiger partial charge < -0.3 is 15.0 Å². The van der Waals surface area contributed by atoms with Crippen molar-refractivity contribution in [3.8, 4) is 0 Å². The smallest absolute Gasteiger partial charge is 0.410 e. The molecule has 1 N–H and O–H groups in total. The van der Waals surface area contributed by atoms with E-state index < -0.39 is 0 Å². The Labute approximate surface area is 102 Å². The second-order valence-electron chi connectivity index (χ2n) is 4.45. The molecule has 96 valence electrons. The van der Waals surface area contributed by atoms with Crippen molar-refractivity contribution in [2.45, 2.75) is 26.3 Å². The molecule has 1 aliphatic heterocycles. The number of nitrogens with one attached hydrogen (secondary N) is 1. The molecule has 1 aliphatic rings. The molecule has 1 heterocycles. The van der Waals surface area contributed by atoms with Crippen LogP contribution >= 0.6 is 0 Å². The Morgan fingerprint density at radius 1 is 1.59 bits per heavy atom. The zero-order valence-corrected chi connectivity index (χ0v) is 10.4. The summed E-state index contributed by atoms with van der Waals surface area (Å²) >= 11 is 0. The molecular formula is C12H20N2O3. The summed E-state index contributed by atoms with van der Waals surface area (Å²) in [6, 6.07) is 0.0335. The molecule has 2 amide bonds. The van der Waals surface area contributed by atoms with Gasteiger partial charge in [-0.3, -0.25) is 4.79 Å². The van der Waals surface area contributed by atoms with E-state index in [1.165, 1.54) is 6.92 Å². The van der Waals surface area contributed by atoms with E-state index >= 15 is 0 Å². The number of likely N-dealkylation sites (tertiary alicyclic amines) is 1. The lowest BCUT2D eigenvalue weighted by Gasteiger charge is -2.23. The first kappa shape index (κ1) is 13.5. The summed E-state index contributed by atoms with van der Waals surface area (Å²) in [6.45, 7) is 8.44. The van der Waals surface area contributed by atoms with Crippen LogP contribution in [-0.2, 0) is 9.53 Å². The van der Waals surface area contributed by atoms with E-state index in [2.05, 4.69) is 18.8 Å². The first-order valence-electron chi connectivity index (χ1n) is 5.83. The number of amides is 2. The average Bonchev–Trinajstić information content (AvgIpc) is 2.64. The quantitative estimate of drug-likeness (QED) is 0.750. The molecule has 5 nitrogen and oxygen atoms in total. The molecule has 0 aromatic carbocycles. The lowest BCUT2D eigenvalue weighted by Crippen LogP contribution is -2.43. The number of carbonyl (C=O) groups is 2. The third kappa shape index (κ3) is 4.09. The monoisotopic (exact) mass is 240 g/mol. The molecule has 0 saturated carbocycles. The molecule has 0 aliphatic carbocycles. The Morgan fingerprint density at radius 2 is 2.29 bits per heavy atom. The van der Waals surface area contributed by atoms with Gasteiger partial charge in [0.15, 0.2) is 0 Å². The molecule has 17 heavy (non-hydrogen) atoms. The van der Waals surface area contributed by atoms with Crippen molar-refractivity contribution in [1.82, 2.24) is 10.2 Å². The predicted octanol–water partition coefficient (Wildman–Crippen LogP) is 1.16. The highest BCUT2D eigenvalue weighted by Crippen LogP contribution is 2.23. The van der Waals surface area contributed by atoms with Crippen molar-refractivity contribution < 1.29 is 14.3 Å². The average molecular weight is 240 g/mol. The summed E-state index contributed by atoms with van der Waals surface area (Å²) in [4.78, 5) is 24.3. The van der Waals surface area contributed by atoms with E-state index in [1.807, 2.05) is 0 Å².